The van der Waals surface area contributed by atoms with E-state index in [2.05, 4.69) is 45.5 Å². The highest BCUT2D eigenvalue weighted by Crippen LogP contribution is 2.51. The van der Waals surface area contributed by atoms with Crippen molar-refractivity contribution in [1.82, 2.24) is 0 Å². The Morgan fingerprint density at radius 2 is 2.08 bits per heavy atom. The smallest absolute Gasteiger partial charge is 0.120 e. The molecule has 3 atom stereocenters. The Labute approximate surface area is 150 Å². The lowest BCUT2D eigenvalue weighted by molar-refractivity contribution is 0.338. The second-order valence-corrected chi connectivity index (χ2v) is 7.28. The van der Waals surface area contributed by atoms with Crippen molar-refractivity contribution in [3.05, 3.63) is 64.1 Å². The lowest BCUT2D eigenvalue weighted by Crippen LogP contribution is -2.29. The molecule has 0 radical (unpaired) electrons. The molecule has 124 valence electrons. The molecule has 0 saturated carbocycles. The monoisotopic (exact) mass is 385 g/mol. The predicted octanol–water partition coefficient (Wildman–Crippen LogP) is 5.38. The van der Waals surface area contributed by atoms with Gasteiger partial charge in [0.1, 0.15) is 11.5 Å². The zero-order valence-electron chi connectivity index (χ0n) is 13.5. The number of fused-ring (bicyclic) bond motifs is 3. The first-order valence-corrected chi connectivity index (χ1v) is 9.15. The van der Waals surface area contributed by atoms with Crippen LogP contribution < -0.4 is 10.1 Å². The normalized spacial score (nSPS) is 24.2. The van der Waals surface area contributed by atoms with Crippen molar-refractivity contribution in [2.75, 3.05) is 11.9 Å². The molecule has 0 spiro atoms. The van der Waals surface area contributed by atoms with Gasteiger partial charge in [-0.25, -0.2) is 0 Å². The van der Waals surface area contributed by atoms with E-state index >= 15 is 0 Å². The van der Waals surface area contributed by atoms with Crippen LogP contribution in [0.25, 0.3) is 0 Å². The third-order valence-corrected chi connectivity index (χ3v) is 5.46. The molecule has 0 saturated heterocycles. The summed E-state index contributed by atoms with van der Waals surface area (Å²) in [5.41, 5.74) is 3.35. The second-order valence-electron chi connectivity index (χ2n) is 6.36. The molecule has 2 aromatic rings. The van der Waals surface area contributed by atoms with Crippen molar-refractivity contribution in [2.45, 2.75) is 25.3 Å². The van der Waals surface area contributed by atoms with Crippen LogP contribution in [0.15, 0.2) is 53.0 Å². The molecule has 24 heavy (non-hydrogen) atoms. The SMILES string of the molecule is CCOc1ccc2c(c1)C1C=CCC1C(c1cc(Br)ccc1O)N2. The Kier molecular flexibility index (Phi) is 4.01. The molecule has 1 heterocycles. The van der Waals surface area contributed by atoms with Crippen LogP contribution in [0.2, 0.25) is 0 Å². The molecule has 4 rings (SSSR count). The van der Waals surface area contributed by atoms with E-state index in [1.165, 1.54) is 5.56 Å². The Balaban J connectivity index is 1.77. The van der Waals surface area contributed by atoms with E-state index in [1.54, 1.807) is 6.07 Å². The summed E-state index contributed by atoms with van der Waals surface area (Å²) in [6, 6.07) is 12.0. The Hall–Kier alpha value is -1.94. The minimum Gasteiger partial charge on any atom is -0.508 e. The number of nitrogens with one attached hydrogen (secondary N) is 1. The maximum Gasteiger partial charge on any atom is 0.120 e. The molecule has 1 aliphatic heterocycles. The van der Waals surface area contributed by atoms with Crippen molar-refractivity contribution in [1.29, 1.82) is 0 Å². The standard InChI is InChI=1S/C20H20BrNO2/c1-2-24-13-7-8-18-16(11-13)14-4-3-5-15(14)20(22-18)17-10-12(21)6-9-19(17)23/h3-4,6-11,14-15,20,22-23H,2,5H2,1H3. The fraction of sp³-hybridized carbons (Fsp3) is 0.300. The van der Waals surface area contributed by atoms with Crippen LogP contribution in [0.5, 0.6) is 11.5 Å². The summed E-state index contributed by atoms with van der Waals surface area (Å²) in [5, 5.41) is 14.0. The number of ether oxygens (including phenoxy) is 1. The summed E-state index contributed by atoms with van der Waals surface area (Å²) in [7, 11) is 0. The van der Waals surface area contributed by atoms with Crippen LogP contribution in [0.4, 0.5) is 5.69 Å². The molecule has 0 aromatic heterocycles. The minimum absolute atomic E-state index is 0.0907. The van der Waals surface area contributed by atoms with Crippen molar-refractivity contribution in [2.24, 2.45) is 5.92 Å². The first kappa shape index (κ1) is 15.6. The van der Waals surface area contributed by atoms with Crippen LogP contribution in [0.1, 0.15) is 36.4 Å². The third kappa shape index (κ3) is 2.59. The van der Waals surface area contributed by atoms with Gasteiger partial charge >= 0.3 is 0 Å². The zero-order valence-corrected chi connectivity index (χ0v) is 15.1. The molecule has 3 nitrogen and oxygen atoms in total. The summed E-state index contributed by atoms with van der Waals surface area (Å²) >= 11 is 3.52. The number of hydrogen-bond donors (Lipinski definition) is 2. The quantitative estimate of drug-likeness (QED) is 0.696. The number of halogens is 1. The lowest BCUT2D eigenvalue weighted by atomic mass is 9.77. The van der Waals surface area contributed by atoms with Gasteiger partial charge in [0.25, 0.3) is 0 Å². The molecule has 2 N–H and O–H groups in total. The molecule has 0 bridgehead atoms. The Morgan fingerprint density at radius 3 is 2.92 bits per heavy atom. The second kappa shape index (κ2) is 6.17. The molecule has 2 aliphatic rings. The van der Waals surface area contributed by atoms with Crippen LogP contribution in [-0.2, 0) is 0 Å². The van der Waals surface area contributed by atoms with Crippen molar-refractivity contribution in [3.8, 4) is 11.5 Å². The van der Waals surface area contributed by atoms with E-state index in [0.29, 0.717) is 24.2 Å². The van der Waals surface area contributed by atoms with Gasteiger partial charge in [-0.2, -0.15) is 0 Å². The number of anilines is 1. The van der Waals surface area contributed by atoms with E-state index in [4.69, 9.17) is 4.74 Å². The summed E-state index contributed by atoms with van der Waals surface area (Å²) in [5.74, 6) is 2.01. The molecule has 2 aromatic carbocycles. The van der Waals surface area contributed by atoms with Gasteiger partial charge in [0.05, 0.1) is 12.6 Å². The number of benzene rings is 2. The van der Waals surface area contributed by atoms with Gasteiger partial charge < -0.3 is 15.2 Å². The van der Waals surface area contributed by atoms with E-state index in [0.717, 1.165) is 27.9 Å². The zero-order chi connectivity index (χ0) is 16.7. The van der Waals surface area contributed by atoms with Gasteiger partial charge in [0, 0.05) is 21.6 Å². The van der Waals surface area contributed by atoms with Gasteiger partial charge in [-0.1, -0.05) is 28.1 Å². The molecular formula is C20H20BrNO2. The number of rotatable bonds is 3. The molecule has 4 heteroatoms. The highest BCUT2D eigenvalue weighted by molar-refractivity contribution is 9.10. The third-order valence-electron chi connectivity index (χ3n) is 4.97. The van der Waals surface area contributed by atoms with Crippen LogP contribution >= 0.6 is 15.9 Å². The molecule has 0 amide bonds. The maximum absolute atomic E-state index is 10.4. The van der Waals surface area contributed by atoms with E-state index in [-0.39, 0.29) is 6.04 Å². The van der Waals surface area contributed by atoms with Gasteiger partial charge in [-0.3, -0.25) is 0 Å². The molecule has 3 unspecified atom stereocenters. The maximum atomic E-state index is 10.4. The van der Waals surface area contributed by atoms with E-state index < -0.39 is 0 Å². The molecular weight excluding hydrogens is 366 g/mol. The number of hydrogen-bond acceptors (Lipinski definition) is 3. The first-order chi connectivity index (χ1) is 11.7. The number of phenols is 1. The minimum atomic E-state index is 0.0907. The fourth-order valence-electron chi connectivity index (χ4n) is 3.91. The van der Waals surface area contributed by atoms with Gasteiger partial charge in [0.15, 0.2) is 0 Å². The highest BCUT2D eigenvalue weighted by atomic mass is 79.9. The van der Waals surface area contributed by atoms with Crippen LogP contribution in [0.3, 0.4) is 0 Å². The van der Waals surface area contributed by atoms with Gasteiger partial charge in [-0.15, -0.1) is 0 Å². The molecule has 1 aliphatic carbocycles. The topological polar surface area (TPSA) is 41.5 Å². The van der Waals surface area contributed by atoms with Crippen molar-refractivity contribution >= 4 is 21.6 Å². The summed E-state index contributed by atoms with van der Waals surface area (Å²) in [4.78, 5) is 0. The fourth-order valence-corrected chi connectivity index (χ4v) is 4.29. The van der Waals surface area contributed by atoms with Crippen LogP contribution in [-0.4, -0.2) is 11.7 Å². The van der Waals surface area contributed by atoms with Gasteiger partial charge in [-0.05, 0) is 61.2 Å². The predicted molar refractivity (Wildman–Crippen MR) is 99.8 cm³/mol. The van der Waals surface area contributed by atoms with E-state index in [9.17, 15) is 5.11 Å². The summed E-state index contributed by atoms with van der Waals surface area (Å²) < 4.78 is 6.65. The van der Waals surface area contributed by atoms with Crippen molar-refractivity contribution in [3.63, 3.8) is 0 Å². The number of aromatic hydroxyl groups is 1. The van der Waals surface area contributed by atoms with Crippen LogP contribution in [0, 0.1) is 5.92 Å². The Bertz CT molecular complexity index is 802. The Morgan fingerprint density at radius 1 is 1.21 bits per heavy atom. The number of allylic oxidation sites excluding steroid dienone is 2. The number of phenolic OH excluding ortho intramolecular Hbond substituents is 1. The summed E-state index contributed by atoms with van der Waals surface area (Å²) in [6.45, 7) is 2.67. The lowest BCUT2D eigenvalue weighted by Gasteiger charge is -2.38. The highest BCUT2D eigenvalue weighted by Gasteiger charge is 2.39. The average Bonchev–Trinajstić information content (AvgIpc) is 3.07. The largest absolute Gasteiger partial charge is 0.508 e. The molecule has 0 fully saturated rings. The van der Waals surface area contributed by atoms with Crippen molar-refractivity contribution < 1.29 is 9.84 Å². The van der Waals surface area contributed by atoms with E-state index in [1.807, 2.05) is 25.1 Å². The average molecular weight is 386 g/mol. The summed E-state index contributed by atoms with van der Waals surface area (Å²) in [6.07, 6.45) is 5.55. The first-order valence-electron chi connectivity index (χ1n) is 8.35. The van der Waals surface area contributed by atoms with Gasteiger partial charge in [0.2, 0.25) is 0 Å².